The zero-order valence-electron chi connectivity index (χ0n) is 10.4. The fourth-order valence-electron chi connectivity index (χ4n) is 1.74. The van der Waals surface area contributed by atoms with Crippen LogP contribution in [0.15, 0.2) is 35.5 Å². The maximum atomic E-state index is 13.2. The van der Waals surface area contributed by atoms with Crippen LogP contribution in [0.25, 0.3) is 0 Å². The minimum absolute atomic E-state index is 0.137. The number of hydrogen-bond donors (Lipinski definition) is 1. The molecule has 2 aromatic rings. The molecule has 0 aliphatic rings. The van der Waals surface area contributed by atoms with Gasteiger partial charge in [-0.2, -0.15) is 5.10 Å². The fourth-order valence-corrected chi connectivity index (χ4v) is 2.29. The van der Waals surface area contributed by atoms with Crippen molar-refractivity contribution in [2.45, 2.75) is 18.0 Å². The smallest absolute Gasteiger partial charge is 0.178 e. The molecule has 7 heteroatoms. The Bertz CT molecular complexity index is 695. The van der Waals surface area contributed by atoms with E-state index in [1.165, 1.54) is 29.2 Å². The third kappa shape index (κ3) is 3.18. The summed E-state index contributed by atoms with van der Waals surface area (Å²) in [5, 5.41) is 3.96. The van der Waals surface area contributed by atoms with Gasteiger partial charge in [-0.05, 0) is 23.3 Å². The van der Waals surface area contributed by atoms with E-state index in [1.807, 2.05) is 0 Å². The van der Waals surface area contributed by atoms with Crippen LogP contribution in [0.3, 0.4) is 0 Å². The summed E-state index contributed by atoms with van der Waals surface area (Å²) in [4.78, 5) is 0.137. The van der Waals surface area contributed by atoms with E-state index in [0.29, 0.717) is 5.56 Å². The van der Waals surface area contributed by atoms with Gasteiger partial charge in [-0.3, -0.25) is 4.68 Å². The van der Waals surface area contributed by atoms with E-state index in [-0.39, 0.29) is 23.8 Å². The van der Waals surface area contributed by atoms with Gasteiger partial charge in [0.25, 0.3) is 0 Å². The number of nitrogens with two attached hydrogens (primary N) is 1. The lowest BCUT2D eigenvalue weighted by molar-refractivity contribution is 0.601. The summed E-state index contributed by atoms with van der Waals surface area (Å²) in [6.07, 6.45) is 3.80. The highest BCUT2D eigenvalue weighted by Gasteiger charge is 2.11. The Morgan fingerprint density at radius 2 is 2.11 bits per heavy atom. The predicted octanol–water partition coefficient (Wildman–Crippen LogP) is 0.933. The van der Waals surface area contributed by atoms with Crippen molar-refractivity contribution in [1.29, 1.82) is 0 Å². The van der Waals surface area contributed by atoms with Crippen LogP contribution in [0.5, 0.6) is 0 Å². The Morgan fingerprint density at radius 1 is 1.37 bits per heavy atom. The van der Waals surface area contributed by atoms with Crippen LogP contribution < -0.4 is 5.73 Å². The number of nitrogens with zero attached hydrogens (tertiary/aromatic N) is 2. The first-order valence-electron chi connectivity index (χ1n) is 5.60. The van der Waals surface area contributed by atoms with Gasteiger partial charge in [0.15, 0.2) is 9.84 Å². The van der Waals surface area contributed by atoms with Gasteiger partial charge in [-0.15, -0.1) is 0 Å². The fraction of sp³-hybridized carbons (Fsp3) is 0.250. The summed E-state index contributed by atoms with van der Waals surface area (Å²) in [6.45, 7) is 0.565. The van der Waals surface area contributed by atoms with Crippen LogP contribution in [-0.4, -0.2) is 24.5 Å². The summed E-state index contributed by atoms with van der Waals surface area (Å²) < 4.78 is 37.3. The number of sulfone groups is 1. The molecule has 0 saturated heterocycles. The predicted molar refractivity (Wildman–Crippen MR) is 68.7 cm³/mol. The van der Waals surface area contributed by atoms with E-state index in [2.05, 4.69) is 5.10 Å². The van der Waals surface area contributed by atoms with Crippen LogP contribution in [0.2, 0.25) is 0 Å². The van der Waals surface area contributed by atoms with Crippen molar-refractivity contribution in [3.8, 4) is 0 Å². The molecule has 0 bridgehead atoms. The SMILES string of the molecule is CS(=O)(=O)c1cnn(Cc2cc(F)ccc2CN)c1. The first kappa shape index (κ1) is 13.7. The van der Waals surface area contributed by atoms with E-state index >= 15 is 0 Å². The molecule has 1 aromatic heterocycles. The first-order valence-corrected chi connectivity index (χ1v) is 7.49. The Kier molecular flexibility index (Phi) is 3.68. The van der Waals surface area contributed by atoms with Crippen molar-refractivity contribution in [3.63, 3.8) is 0 Å². The number of benzene rings is 1. The van der Waals surface area contributed by atoms with Gasteiger partial charge in [0.1, 0.15) is 10.7 Å². The lowest BCUT2D eigenvalue weighted by Crippen LogP contribution is -2.07. The monoisotopic (exact) mass is 283 g/mol. The van der Waals surface area contributed by atoms with Crippen LogP contribution in [0.4, 0.5) is 4.39 Å². The van der Waals surface area contributed by atoms with E-state index in [0.717, 1.165) is 11.8 Å². The minimum Gasteiger partial charge on any atom is -0.326 e. The van der Waals surface area contributed by atoms with Crippen LogP contribution >= 0.6 is 0 Å². The Labute approximate surface area is 110 Å². The molecule has 0 fully saturated rings. The average molecular weight is 283 g/mol. The number of hydrogen-bond acceptors (Lipinski definition) is 4. The largest absolute Gasteiger partial charge is 0.326 e. The molecule has 2 N–H and O–H groups in total. The Balaban J connectivity index is 2.31. The molecule has 0 unspecified atom stereocenters. The molecule has 0 spiro atoms. The molecule has 0 radical (unpaired) electrons. The highest BCUT2D eigenvalue weighted by atomic mass is 32.2. The molecule has 1 heterocycles. The highest BCUT2D eigenvalue weighted by Crippen LogP contribution is 2.14. The topological polar surface area (TPSA) is 78.0 Å². The molecule has 2 rings (SSSR count). The quantitative estimate of drug-likeness (QED) is 0.905. The average Bonchev–Trinajstić information content (AvgIpc) is 2.77. The van der Waals surface area contributed by atoms with Crippen LogP contribution in [-0.2, 0) is 22.9 Å². The second-order valence-electron chi connectivity index (χ2n) is 4.26. The standard InChI is InChI=1S/C12H14FN3O2S/c1-19(17,18)12-6-15-16(8-12)7-10-4-11(13)3-2-9(10)5-14/h2-4,6,8H,5,7,14H2,1H3. The molecule has 19 heavy (non-hydrogen) atoms. The molecule has 0 amide bonds. The van der Waals surface area contributed by atoms with Crippen molar-refractivity contribution in [1.82, 2.24) is 9.78 Å². The zero-order valence-corrected chi connectivity index (χ0v) is 11.2. The van der Waals surface area contributed by atoms with Crippen molar-refractivity contribution in [2.24, 2.45) is 5.73 Å². The van der Waals surface area contributed by atoms with Gasteiger partial charge >= 0.3 is 0 Å². The van der Waals surface area contributed by atoms with Crippen molar-refractivity contribution < 1.29 is 12.8 Å². The number of aromatic nitrogens is 2. The van der Waals surface area contributed by atoms with Crippen molar-refractivity contribution >= 4 is 9.84 Å². The maximum Gasteiger partial charge on any atom is 0.178 e. The normalized spacial score (nSPS) is 11.7. The molecule has 1 aromatic carbocycles. The molecule has 5 nitrogen and oxygen atoms in total. The second-order valence-corrected chi connectivity index (χ2v) is 6.28. The molecule has 0 aliphatic heterocycles. The molecule has 102 valence electrons. The lowest BCUT2D eigenvalue weighted by Gasteiger charge is -2.08. The zero-order chi connectivity index (χ0) is 14.0. The summed E-state index contributed by atoms with van der Waals surface area (Å²) in [5.41, 5.74) is 7.07. The highest BCUT2D eigenvalue weighted by molar-refractivity contribution is 7.90. The summed E-state index contributed by atoms with van der Waals surface area (Å²) in [6, 6.07) is 4.34. The van der Waals surface area contributed by atoms with Gasteiger partial charge in [0.2, 0.25) is 0 Å². The van der Waals surface area contributed by atoms with Gasteiger partial charge in [0, 0.05) is 19.0 Å². The van der Waals surface area contributed by atoms with Gasteiger partial charge in [-0.1, -0.05) is 6.07 Å². The molecule has 0 atom stereocenters. The second kappa shape index (κ2) is 5.10. The van der Waals surface area contributed by atoms with E-state index in [4.69, 9.17) is 5.73 Å². The molecular weight excluding hydrogens is 269 g/mol. The Hall–Kier alpha value is -1.73. The van der Waals surface area contributed by atoms with E-state index in [9.17, 15) is 12.8 Å². The van der Waals surface area contributed by atoms with Gasteiger partial charge in [0.05, 0.1) is 12.7 Å². The minimum atomic E-state index is -3.28. The van der Waals surface area contributed by atoms with Crippen LogP contribution in [0.1, 0.15) is 11.1 Å². The molecule has 0 aliphatic carbocycles. The van der Waals surface area contributed by atoms with Gasteiger partial charge in [-0.25, -0.2) is 12.8 Å². The summed E-state index contributed by atoms with van der Waals surface area (Å²) in [5.74, 6) is -0.359. The van der Waals surface area contributed by atoms with Crippen molar-refractivity contribution in [3.05, 3.63) is 47.5 Å². The molecular formula is C12H14FN3O2S. The van der Waals surface area contributed by atoms with Crippen LogP contribution in [0, 0.1) is 5.82 Å². The number of rotatable bonds is 4. The van der Waals surface area contributed by atoms with Gasteiger partial charge < -0.3 is 5.73 Å². The third-order valence-electron chi connectivity index (χ3n) is 2.76. The van der Waals surface area contributed by atoms with E-state index < -0.39 is 9.84 Å². The third-order valence-corrected chi connectivity index (χ3v) is 3.83. The summed E-state index contributed by atoms with van der Waals surface area (Å²) in [7, 11) is -3.28. The Morgan fingerprint density at radius 3 is 2.68 bits per heavy atom. The first-order chi connectivity index (χ1) is 8.90. The lowest BCUT2D eigenvalue weighted by atomic mass is 10.1. The summed E-state index contributed by atoms with van der Waals surface area (Å²) >= 11 is 0. The molecule has 0 saturated carbocycles. The van der Waals surface area contributed by atoms with Crippen molar-refractivity contribution in [2.75, 3.05) is 6.26 Å². The number of halogens is 1. The maximum absolute atomic E-state index is 13.2. The van der Waals surface area contributed by atoms with E-state index in [1.54, 1.807) is 6.07 Å².